The molecule has 0 aliphatic rings. The minimum atomic E-state index is -0.638. The van der Waals surface area contributed by atoms with Gasteiger partial charge in [0.05, 0.1) is 6.04 Å². The van der Waals surface area contributed by atoms with Crippen LogP contribution in [0.25, 0.3) is 0 Å². The van der Waals surface area contributed by atoms with E-state index in [1.165, 1.54) is 0 Å². The van der Waals surface area contributed by atoms with E-state index in [1.807, 2.05) is 0 Å². The van der Waals surface area contributed by atoms with Gasteiger partial charge in [0.2, 0.25) is 0 Å². The molecular weight excluding hydrogens is 200 g/mol. The van der Waals surface area contributed by atoms with Gasteiger partial charge in [-0.3, -0.25) is 0 Å². The van der Waals surface area contributed by atoms with Gasteiger partial charge in [-0.1, -0.05) is 23.2 Å². The van der Waals surface area contributed by atoms with Crippen LogP contribution < -0.4 is 5.73 Å². The second-order valence-electron chi connectivity index (χ2n) is 2.46. The lowest BCUT2D eigenvalue weighted by molar-refractivity contribution is 0.437. The summed E-state index contributed by atoms with van der Waals surface area (Å²) in [4.78, 5) is 0. The minimum absolute atomic E-state index is 0.474. The molecule has 0 heterocycles. The fourth-order valence-corrected chi connectivity index (χ4v) is 1.42. The first-order valence-corrected chi connectivity index (χ1v) is 4.16. The van der Waals surface area contributed by atoms with E-state index in [9.17, 15) is 4.39 Å². The second kappa shape index (κ2) is 4.08. The van der Waals surface area contributed by atoms with Gasteiger partial charge in [-0.05, 0) is 23.8 Å². The van der Waals surface area contributed by atoms with E-state index in [-0.39, 0.29) is 0 Å². The highest BCUT2D eigenvalue weighted by atomic mass is 35.5. The van der Waals surface area contributed by atoms with Crippen LogP contribution in [0.1, 0.15) is 11.6 Å². The molecule has 0 fully saturated rings. The number of rotatable bonds is 2. The number of alkyl halides is 1. The van der Waals surface area contributed by atoms with E-state index >= 15 is 0 Å². The van der Waals surface area contributed by atoms with E-state index in [4.69, 9.17) is 28.9 Å². The van der Waals surface area contributed by atoms with Gasteiger partial charge in [-0.25, -0.2) is 4.39 Å². The van der Waals surface area contributed by atoms with Crippen molar-refractivity contribution >= 4 is 23.2 Å². The monoisotopic (exact) mass is 207 g/mol. The molecule has 0 aromatic heterocycles. The Balaban J connectivity index is 3.00. The Hall–Kier alpha value is -0.310. The van der Waals surface area contributed by atoms with Crippen LogP contribution >= 0.6 is 23.2 Å². The molecule has 0 saturated carbocycles. The number of hydrogen-bond acceptors (Lipinski definition) is 1. The van der Waals surface area contributed by atoms with Crippen LogP contribution in [0.5, 0.6) is 0 Å². The molecule has 0 radical (unpaired) electrons. The van der Waals surface area contributed by atoms with Crippen molar-refractivity contribution in [2.45, 2.75) is 6.04 Å². The van der Waals surface area contributed by atoms with E-state index in [2.05, 4.69) is 0 Å². The number of halogens is 3. The van der Waals surface area contributed by atoms with Crippen LogP contribution in [0.4, 0.5) is 4.39 Å². The predicted octanol–water partition coefficient (Wildman–Crippen LogP) is 2.96. The molecule has 0 saturated heterocycles. The van der Waals surface area contributed by atoms with Gasteiger partial charge >= 0.3 is 0 Å². The number of hydrogen-bond donors (Lipinski definition) is 1. The molecule has 1 aromatic carbocycles. The Morgan fingerprint density at radius 1 is 1.25 bits per heavy atom. The molecule has 1 rings (SSSR count). The minimum Gasteiger partial charge on any atom is -0.322 e. The standard InChI is InChI=1S/C8H8Cl2FN/c9-6-1-5(8(12)4-11)2-7(10)3-6/h1-3,8H,4,12H2/t8-/m1/s1. The normalized spacial score (nSPS) is 13.0. The SMILES string of the molecule is N[C@H](CF)c1cc(Cl)cc(Cl)c1. The first-order valence-electron chi connectivity index (χ1n) is 3.41. The molecule has 66 valence electrons. The van der Waals surface area contributed by atoms with Crippen LogP contribution in [0, 0.1) is 0 Å². The molecular formula is C8H8Cl2FN. The molecule has 0 bridgehead atoms. The van der Waals surface area contributed by atoms with Gasteiger partial charge in [0.1, 0.15) is 6.67 Å². The maximum atomic E-state index is 12.1. The molecule has 0 amide bonds. The van der Waals surface area contributed by atoms with Crippen LogP contribution in [0.2, 0.25) is 10.0 Å². The molecule has 0 aliphatic heterocycles. The van der Waals surface area contributed by atoms with Crippen molar-refractivity contribution < 1.29 is 4.39 Å². The van der Waals surface area contributed by atoms with Crippen molar-refractivity contribution in [2.75, 3.05) is 6.67 Å². The summed E-state index contributed by atoms with van der Waals surface area (Å²) >= 11 is 11.4. The first-order chi connectivity index (χ1) is 5.63. The summed E-state index contributed by atoms with van der Waals surface area (Å²) < 4.78 is 12.1. The Kier molecular flexibility index (Phi) is 3.32. The smallest absolute Gasteiger partial charge is 0.109 e. The lowest BCUT2D eigenvalue weighted by Gasteiger charge is -2.07. The Labute approximate surface area is 80.3 Å². The van der Waals surface area contributed by atoms with Gasteiger partial charge in [0.25, 0.3) is 0 Å². The zero-order chi connectivity index (χ0) is 9.14. The van der Waals surface area contributed by atoms with Crippen molar-refractivity contribution in [3.05, 3.63) is 33.8 Å². The lowest BCUT2D eigenvalue weighted by atomic mass is 10.1. The summed E-state index contributed by atoms with van der Waals surface area (Å²) in [5.41, 5.74) is 6.06. The van der Waals surface area contributed by atoms with Crippen molar-refractivity contribution in [3.63, 3.8) is 0 Å². The number of nitrogens with two attached hydrogens (primary N) is 1. The third kappa shape index (κ3) is 2.34. The van der Waals surface area contributed by atoms with E-state index in [1.54, 1.807) is 18.2 Å². The molecule has 0 spiro atoms. The van der Waals surface area contributed by atoms with Crippen LogP contribution in [0.15, 0.2) is 18.2 Å². The summed E-state index contributed by atoms with van der Waals surface area (Å²) in [6.45, 7) is -0.614. The average molecular weight is 208 g/mol. The fourth-order valence-electron chi connectivity index (χ4n) is 0.878. The Morgan fingerprint density at radius 3 is 2.17 bits per heavy atom. The molecule has 2 N–H and O–H groups in total. The van der Waals surface area contributed by atoms with Gasteiger partial charge < -0.3 is 5.73 Å². The Bertz CT molecular complexity index is 258. The van der Waals surface area contributed by atoms with Crippen molar-refractivity contribution in [1.29, 1.82) is 0 Å². The third-order valence-corrected chi connectivity index (χ3v) is 1.92. The molecule has 12 heavy (non-hydrogen) atoms. The highest BCUT2D eigenvalue weighted by Crippen LogP contribution is 2.22. The quantitative estimate of drug-likeness (QED) is 0.794. The largest absolute Gasteiger partial charge is 0.322 e. The lowest BCUT2D eigenvalue weighted by Crippen LogP contribution is -2.11. The van der Waals surface area contributed by atoms with Crippen LogP contribution in [0.3, 0.4) is 0 Å². The maximum absolute atomic E-state index is 12.1. The highest BCUT2D eigenvalue weighted by molar-refractivity contribution is 6.34. The second-order valence-corrected chi connectivity index (χ2v) is 3.34. The zero-order valence-corrected chi connectivity index (χ0v) is 7.74. The zero-order valence-electron chi connectivity index (χ0n) is 6.23. The van der Waals surface area contributed by atoms with Gasteiger partial charge in [-0.15, -0.1) is 0 Å². The highest BCUT2D eigenvalue weighted by Gasteiger charge is 2.06. The van der Waals surface area contributed by atoms with Gasteiger partial charge in [-0.2, -0.15) is 0 Å². The first kappa shape index (κ1) is 9.78. The summed E-state index contributed by atoms with van der Waals surface area (Å²) in [6.07, 6.45) is 0. The Morgan fingerprint density at radius 2 is 1.75 bits per heavy atom. The van der Waals surface area contributed by atoms with Crippen molar-refractivity contribution in [2.24, 2.45) is 5.73 Å². The van der Waals surface area contributed by atoms with Crippen LogP contribution in [-0.4, -0.2) is 6.67 Å². The topological polar surface area (TPSA) is 26.0 Å². The molecule has 1 atom stereocenters. The van der Waals surface area contributed by atoms with Gasteiger partial charge in [0.15, 0.2) is 0 Å². The van der Waals surface area contributed by atoms with Crippen molar-refractivity contribution in [3.8, 4) is 0 Å². The molecule has 4 heteroatoms. The summed E-state index contributed by atoms with van der Waals surface area (Å²) in [7, 11) is 0. The molecule has 1 nitrogen and oxygen atoms in total. The fraction of sp³-hybridized carbons (Fsp3) is 0.250. The predicted molar refractivity (Wildman–Crippen MR) is 49.4 cm³/mol. The summed E-state index contributed by atoms with van der Waals surface area (Å²) in [6, 6.07) is 4.16. The van der Waals surface area contributed by atoms with E-state index in [0.717, 1.165) is 0 Å². The molecule has 1 aromatic rings. The van der Waals surface area contributed by atoms with Gasteiger partial charge in [0, 0.05) is 10.0 Å². The summed E-state index contributed by atoms with van der Waals surface area (Å²) in [5.74, 6) is 0. The molecule has 0 aliphatic carbocycles. The molecule has 0 unspecified atom stereocenters. The summed E-state index contributed by atoms with van der Waals surface area (Å²) in [5, 5.41) is 0.947. The third-order valence-electron chi connectivity index (χ3n) is 1.48. The maximum Gasteiger partial charge on any atom is 0.109 e. The van der Waals surface area contributed by atoms with Crippen LogP contribution in [-0.2, 0) is 0 Å². The van der Waals surface area contributed by atoms with E-state index in [0.29, 0.717) is 15.6 Å². The van der Waals surface area contributed by atoms with E-state index < -0.39 is 12.7 Å². The average Bonchev–Trinajstić information content (AvgIpc) is 2.01. The number of benzene rings is 1. The van der Waals surface area contributed by atoms with Crippen molar-refractivity contribution in [1.82, 2.24) is 0 Å².